The molecule has 21 heavy (non-hydrogen) atoms. The molecule has 120 valence electrons. The zero-order valence-corrected chi connectivity index (χ0v) is 15.1. The summed E-state index contributed by atoms with van der Waals surface area (Å²) in [5.41, 5.74) is 7.35. The third-order valence-corrected chi connectivity index (χ3v) is 4.46. The van der Waals surface area contributed by atoms with Crippen molar-refractivity contribution in [2.24, 2.45) is 5.73 Å². The van der Waals surface area contributed by atoms with E-state index < -0.39 is 0 Å². The van der Waals surface area contributed by atoms with Gasteiger partial charge < -0.3 is 5.73 Å². The Morgan fingerprint density at radius 3 is 2.10 bits per heavy atom. The quantitative estimate of drug-likeness (QED) is 0.456. The van der Waals surface area contributed by atoms with Gasteiger partial charge in [-0.3, -0.25) is 4.98 Å². The summed E-state index contributed by atoms with van der Waals surface area (Å²) in [7, 11) is 0. The van der Waals surface area contributed by atoms with E-state index >= 15 is 0 Å². The molecule has 1 rings (SSSR count). The van der Waals surface area contributed by atoms with Crippen molar-refractivity contribution >= 4 is 15.9 Å². The highest BCUT2D eigenvalue weighted by Gasteiger charge is 2.06. The molecule has 0 saturated carbocycles. The van der Waals surface area contributed by atoms with Crippen molar-refractivity contribution in [1.29, 1.82) is 0 Å². The molecule has 0 spiro atoms. The van der Waals surface area contributed by atoms with Crippen LogP contribution >= 0.6 is 15.9 Å². The Bertz CT molecular complexity index is 368. The molecule has 1 aromatic rings. The molecule has 0 aromatic carbocycles. The summed E-state index contributed by atoms with van der Waals surface area (Å²) in [6.45, 7) is 2.27. The normalized spacial score (nSPS) is 12.5. The second-order valence-electron chi connectivity index (χ2n) is 6.01. The van der Waals surface area contributed by atoms with Gasteiger partial charge in [0, 0.05) is 22.9 Å². The molecule has 0 amide bonds. The Hall–Kier alpha value is -0.410. The van der Waals surface area contributed by atoms with Gasteiger partial charge in [0.2, 0.25) is 0 Å². The largest absolute Gasteiger partial charge is 0.324 e. The first-order chi connectivity index (χ1) is 10.2. The summed E-state index contributed by atoms with van der Waals surface area (Å²) in [4.78, 5) is 4.18. The van der Waals surface area contributed by atoms with E-state index in [1.165, 1.54) is 64.2 Å². The van der Waals surface area contributed by atoms with E-state index in [-0.39, 0.29) is 6.04 Å². The topological polar surface area (TPSA) is 38.9 Å². The molecule has 0 radical (unpaired) electrons. The number of rotatable bonds is 12. The SMILES string of the molecule is CCCCCCCCCCCCC(N)c1cncc(Br)c1. The molecular weight excluding hydrogens is 324 g/mol. The average Bonchev–Trinajstić information content (AvgIpc) is 2.49. The van der Waals surface area contributed by atoms with Crippen LogP contribution in [0.1, 0.15) is 89.2 Å². The maximum absolute atomic E-state index is 6.21. The van der Waals surface area contributed by atoms with Gasteiger partial charge in [-0.15, -0.1) is 0 Å². The van der Waals surface area contributed by atoms with Gasteiger partial charge >= 0.3 is 0 Å². The monoisotopic (exact) mass is 354 g/mol. The van der Waals surface area contributed by atoms with Gasteiger partial charge in [-0.05, 0) is 34.0 Å². The van der Waals surface area contributed by atoms with Crippen molar-refractivity contribution in [2.75, 3.05) is 0 Å². The highest BCUT2D eigenvalue weighted by Crippen LogP contribution is 2.20. The number of pyridine rings is 1. The van der Waals surface area contributed by atoms with Gasteiger partial charge in [0.1, 0.15) is 0 Å². The predicted octanol–water partition coefficient (Wildman–Crippen LogP) is 6.15. The van der Waals surface area contributed by atoms with Crippen LogP contribution in [-0.4, -0.2) is 4.98 Å². The van der Waals surface area contributed by atoms with E-state index in [1.54, 1.807) is 6.20 Å². The highest BCUT2D eigenvalue weighted by molar-refractivity contribution is 9.10. The molecule has 3 heteroatoms. The van der Waals surface area contributed by atoms with Crippen LogP contribution in [0.25, 0.3) is 0 Å². The highest BCUT2D eigenvalue weighted by atomic mass is 79.9. The summed E-state index contributed by atoms with van der Waals surface area (Å²) >= 11 is 3.45. The van der Waals surface area contributed by atoms with E-state index in [4.69, 9.17) is 5.73 Å². The number of nitrogens with zero attached hydrogens (tertiary/aromatic N) is 1. The zero-order valence-electron chi connectivity index (χ0n) is 13.5. The van der Waals surface area contributed by atoms with Crippen LogP contribution in [0.2, 0.25) is 0 Å². The predicted molar refractivity (Wildman–Crippen MR) is 95.3 cm³/mol. The fourth-order valence-electron chi connectivity index (χ4n) is 2.65. The van der Waals surface area contributed by atoms with E-state index in [0.29, 0.717) is 0 Å². The molecule has 2 nitrogen and oxygen atoms in total. The first-order valence-corrected chi connectivity index (χ1v) is 9.39. The fourth-order valence-corrected chi connectivity index (χ4v) is 3.03. The zero-order chi connectivity index (χ0) is 15.3. The lowest BCUT2D eigenvalue weighted by Crippen LogP contribution is -2.10. The van der Waals surface area contributed by atoms with Crippen LogP contribution in [0.15, 0.2) is 22.9 Å². The molecule has 2 N–H and O–H groups in total. The minimum absolute atomic E-state index is 0.129. The smallest absolute Gasteiger partial charge is 0.0410 e. The van der Waals surface area contributed by atoms with Crippen LogP contribution in [0, 0.1) is 0 Å². The number of hydrogen-bond donors (Lipinski definition) is 1. The Balaban J connectivity index is 1.96. The van der Waals surface area contributed by atoms with E-state index in [2.05, 4.69) is 33.9 Å². The van der Waals surface area contributed by atoms with Gasteiger partial charge in [-0.2, -0.15) is 0 Å². The summed E-state index contributed by atoms with van der Waals surface area (Å²) in [6, 6.07) is 2.21. The Labute approximate surface area is 139 Å². The molecular formula is C18H31BrN2. The summed E-state index contributed by atoms with van der Waals surface area (Å²) in [5.74, 6) is 0. The average molecular weight is 355 g/mol. The first kappa shape index (κ1) is 18.6. The van der Waals surface area contributed by atoms with E-state index in [1.807, 2.05) is 6.20 Å². The second-order valence-corrected chi connectivity index (χ2v) is 6.93. The Morgan fingerprint density at radius 1 is 0.952 bits per heavy atom. The maximum atomic E-state index is 6.21. The van der Waals surface area contributed by atoms with Crippen molar-refractivity contribution in [1.82, 2.24) is 4.98 Å². The summed E-state index contributed by atoms with van der Waals surface area (Å²) < 4.78 is 1.01. The third kappa shape index (κ3) is 9.26. The van der Waals surface area contributed by atoms with Gasteiger partial charge in [-0.1, -0.05) is 71.1 Å². The van der Waals surface area contributed by atoms with Gasteiger partial charge in [-0.25, -0.2) is 0 Å². The molecule has 0 saturated heterocycles. The number of halogens is 1. The van der Waals surface area contributed by atoms with Gasteiger partial charge in [0.25, 0.3) is 0 Å². The molecule has 0 aliphatic carbocycles. The first-order valence-electron chi connectivity index (χ1n) is 8.60. The minimum Gasteiger partial charge on any atom is -0.324 e. The number of nitrogens with two attached hydrogens (primary N) is 1. The Morgan fingerprint density at radius 2 is 1.52 bits per heavy atom. The molecule has 1 unspecified atom stereocenters. The second kappa shape index (κ2) is 12.2. The molecule has 0 fully saturated rings. The number of hydrogen-bond acceptors (Lipinski definition) is 2. The van der Waals surface area contributed by atoms with Crippen LogP contribution in [0.4, 0.5) is 0 Å². The summed E-state index contributed by atoms with van der Waals surface area (Å²) in [5, 5.41) is 0. The van der Waals surface area contributed by atoms with Crippen molar-refractivity contribution in [3.63, 3.8) is 0 Å². The number of unbranched alkanes of at least 4 members (excludes halogenated alkanes) is 9. The van der Waals surface area contributed by atoms with Crippen molar-refractivity contribution in [3.05, 3.63) is 28.5 Å². The summed E-state index contributed by atoms with van der Waals surface area (Å²) in [6.07, 6.45) is 18.5. The third-order valence-electron chi connectivity index (χ3n) is 4.02. The van der Waals surface area contributed by atoms with E-state index in [9.17, 15) is 0 Å². The number of aromatic nitrogens is 1. The van der Waals surface area contributed by atoms with E-state index in [0.717, 1.165) is 16.5 Å². The minimum atomic E-state index is 0.129. The van der Waals surface area contributed by atoms with Gasteiger partial charge in [0.15, 0.2) is 0 Å². The lowest BCUT2D eigenvalue weighted by atomic mass is 10.0. The molecule has 1 atom stereocenters. The molecule has 1 aromatic heterocycles. The fraction of sp³-hybridized carbons (Fsp3) is 0.722. The Kier molecular flexibility index (Phi) is 10.8. The molecule has 0 aliphatic rings. The van der Waals surface area contributed by atoms with Crippen LogP contribution < -0.4 is 5.73 Å². The lowest BCUT2D eigenvalue weighted by Gasteiger charge is -2.11. The van der Waals surface area contributed by atoms with Crippen molar-refractivity contribution < 1.29 is 0 Å². The molecule has 1 heterocycles. The molecule has 0 aliphatic heterocycles. The molecule has 0 bridgehead atoms. The van der Waals surface area contributed by atoms with Crippen LogP contribution in [-0.2, 0) is 0 Å². The standard InChI is InChI=1S/C18H31BrN2/c1-2-3-4-5-6-7-8-9-10-11-12-18(20)16-13-17(19)15-21-14-16/h13-15,18H,2-12,20H2,1H3. The lowest BCUT2D eigenvalue weighted by molar-refractivity contribution is 0.528. The van der Waals surface area contributed by atoms with Crippen LogP contribution in [0.3, 0.4) is 0 Å². The van der Waals surface area contributed by atoms with Gasteiger partial charge in [0.05, 0.1) is 0 Å². The van der Waals surface area contributed by atoms with Crippen molar-refractivity contribution in [2.45, 2.75) is 83.6 Å². The van der Waals surface area contributed by atoms with Crippen LogP contribution in [0.5, 0.6) is 0 Å². The van der Waals surface area contributed by atoms with Crippen molar-refractivity contribution in [3.8, 4) is 0 Å². The maximum Gasteiger partial charge on any atom is 0.0410 e.